The lowest BCUT2D eigenvalue weighted by Crippen LogP contribution is -2.41. The topological polar surface area (TPSA) is 44.8 Å². The molecule has 1 N–H and O–H groups in total. The van der Waals surface area contributed by atoms with Gasteiger partial charge in [-0.05, 0) is 50.6 Å². The van der Waals surface area contributed by atoms with Gasteiger partial charge in [-0.25, -0.2) is 4.79 Å². The normalized spacial score (nSPS) is 19.3. The number of nitrogens with zero attached hydrogens (tertiary/aromatic N) is 2. The zero-order valence-electron chi connectivity index (χ0n) is 14.3. The predicted molar refractivity (Wildman–Crippen MR) is 88.3 cm³/mol. The first-order valence-electron chi connectivity index (χ1n) is 8.10. The molecule has 1 aromatic carbocycles. The van der Waals surface area contributed by atoms with E-state index < -0.39 is 6.61 Å². The molecule has 2 rings (SSSR count). The molecule has 0 aliphatic carbocycles. The van der Waals surface area contributed by atoms with Crippen LogP contribution in [0.15, 0.2) is 24.3 Å². The number of carbonyl (C=O) groups excluding carboxylic acids is 1. The first kappa shape index (κ1) is 18.4. The maximum atomic E-state index is 12.3. The van der Waals surface area contributed by atoms with E-state index in [0.29, 0.717) is 5.92 Å². The van der Waals surface area contributed by atoms with E-state index in [4.69, 9.17) is 0 Å². The molecule has 0 bridgehead atoms. The lowest BCUT2D eigenvalue weighted by molar-refractivity contribution is -0.0498. The number of nitrogens with one attached hydrogen (secondary N) is 1. The van der Waals surface area contributed by atoms with Gasteiger partial charge >= 0.3 is 12.6 Å². The monoisotopic (exact) mass is 341 g/mol. The van der Waals surface area contributed by atoms with Crippen molar-refractivity contribution in [2.45, 2.75) is 26.0 Å². The van der Waals surface area contributed by atoms with Crippen LogP contribution in [-0.2, 0) is 0 Å². The Balaban J connectivity index is 1.84. The Hall–Kier alpha value is -1.89. The van der Waals surface area contributed by atoms with Crippen molar-refractivity contribution in [3.05, 3.63) is 29.8 Å². The summed E-state index contributed by atoms with van der Waals surface area (Å²) < 4.78 is 28.6. The molecule has 0 radical (unpaired) electrons. The van der Waals surface area contributed by atoms with Crippen LogP contribution in [0.1, 0.15) is 24.9 Å². The second-order valence-electron chi connectivity index (χ2n) is 6.42. The molecule has 7 heteroatoms. The molecule has 1 aromatic rings. The summed E-state index contributed by atoms with van der Waals surface area (Å²) in [7, 11) is 3.88. The third kappa shape index (κ3) is 5.33. The first-order valence-corrected chi connectivity index (χ1v) is 8.10. The molecule has 1 fully saturated rings. The largest absolute Gasteiger partial charge is 0.435 e. The third-order valence-corrected chi connectivity index (χ3v) is 4.31. The number of hydrogen-bond donors (Lipinski definition) is 1. The smallest absolute Gasteiger partial charge is 0.387 e. The number of benzene rings is 1. The summed E-state index contributed by atoms with van der Waals surface area (Å²) in [6, 6.07) is 5.95. The molecule has 1 aliphatic rings. The molecule has 0 aromatic heterocycles. The molecular weight excluding hydrogens is 316 g/mol. The van der Waals surface area contributed by atoms with Crippen LogP contribution in [0.3, 0.4) is 0 Å². The van der Waals surface area contributed by atoms with Gasteiger partial charge in [0.2, 0.25) is 0 Å². The molecule has 2 amide bonds. The van der Waals surface area contributed by atoms with Crippen LogP contribution in [0.5, 0.6) is 5.75 Å². The van der Waals surface area contributed by atoms with Crippen LogP contribution in [-0.4, -0.2) is 56.2 Å². The molecule has 24 heavy (non-hydrogen) atoms. The summed E-state index contributed by atoms with van der Waals surface area (Å²) in [4.78, 5) is 16.3. The number of ether oxygens (including phenoxy) is 1. The number of amides is 2. The summed E-state index contributed by atoms with van der Waals surface area (Å²) in [5, 5.41) is 2.93. The zero-order chi connectivity index (χ0) is 17.7. The molecule has 0 spiro atoms. The first-order chi connectivity index (χ1) is 11.3. The number of rotatable bonds is 6. The fraction of sp³-hybridized carbons (Fsp3) is 0.588. The lowest BCUT2D eigenvalue weighted by Gasteiger charge is -2.24. The Kier molecular flexibility index (Phi) is 6.36. The van der Waals surface area contributed by atoms with Crippen LogP contribution in [0.25, 0.3) is 0 Å². The number of alkyl halides is 2. The quantitative estimate of drug-likeness (QED) is 0.865. The molecule has 1 aliphatic heterocycles. The van der Waals surface area contributed by atoms with E-state index >= 15 is 0 Å². The number of likely N-dealkylation sites (tertiary alicyclic amines) is 1. The molecular formula is C17H25F2N3O2. The van der Waals surface area contributed by atoms with Crippen molar-refractivity contribution in [2.24, 2.45) is 5.92 Å². The summed E-state index contributed by atoms with van der Waals surface area (Å²) >= 11 is 0. The Morgan fingerprint density at radius 1 is 1.42 bits per heavy atom. The van der Waals surface area contributed by atoms with Gasteiger partial charge < -0.3 is 19.9 Å². The molecule has 1 saturated heterocycles. The van der Waals surface area contributed by atoms with Gasteiger partial charge in [-0.1, -0.05) is 12.1 Å². The molecule has 0 saturated carbocycles. The second-order valence-corrected chi connectivity index (χ2v) is 6.42. The van der Waals surface area contributed by atoms with Gasteiger partial charge in [0.1, 0.15) is 5.75 Å². The third-order valence-electron chi connectivity index (χ3n) is 4.31. The summed E-state index contributed by atoms with van der Waals surface area (Å²) in [6.07, 6.45) is 1.11. The average Bonchev–Trinajstić information content (AvgIpc) is 2.92. The molecule has 5 nitrogen and oxygen atoms in total. The second kappa shape index (κ2) is 8.28. The van der Waals surface area contributed by atoms with E-state index in [0.717, 1.165) is 31.6 Å². The summed E-state index contributed by atoms with van der Waals surface area (Å²) in [5.74, 6) is 0.613. The summed E-state index contributed by atoms with van der Waals surface area (Å²) in [6.45, 7) is 1.83. The van der Waals surface area contributed by atoms with Crippen LogP contribution in [0.2, 0.25) is 0 Å². The van der Waals surface area contributed by atoms with Crippen molar-refractivity contribution in [1.82, 2.24) is 15.1 Å². The Bertz CT molecular complexity index is 539. The van der Waals surface area contributed by atoms with Crippen LogP contribution in [0, 0.1) is 5.92 Å². The van der Waals surface area contributed by atoms with Crippen molar-refractivity contribution >= 4 is 6.03 Å². The van der Waals surface area contributed by atoms with Gasteiger partial charge in [-0.3, -0.25) is 0 Å². The van der Waals surface area contributed by atoms with Gasteiger partial charge in [0.15, 0.2) is 0 Å². The van der Waals surface area contributed by atoms with Gasteiger partial charge in [0.25, 0.3) is 0 Å². The maximum Gasteiger partial charge on any atom is 0.387 e. The van der Waals surface area contributed by atoms with E-state index in [9.17, 15) is 13.6 Å². The van der Waals surface area contributed by atoms with Crippen molar-refractivity contribution < 1.29 is 18.3 Å². The van der Waals surface area contributed by atoms with Gasteiger partial charge in [-0.2, -0.15) is 8.78 Å². The molecule has 0 unspecified atom stereocenters. The highest BCUT2D eigenvalue weighted by Crippen LogP contribution is 2.20. The number of urea groups is 1. The zero-order valence-corrected chi connectivity index (χ0v) is 14.3. The van der Waals surface area contributed by atoms with Gasteiger partial charge in [-0.15, -0.1) is 0 Å². The Morgan fingerprint density at radius 3 is 2.62 bits per heavy atom. The number of carbonyl (C=O) groups is 1. The van der Waals surface area contributed by atoms with Crippen molar-refractivity contribution in [2.75, 3.05) is 33.7 Å². The van der Waals surface area contributed by atoms with Crippen LogP contribution >= 0.6 is 0 Å². The van der Waals surface area contributed by atoms with Gasteiger partial charge in [0.05, 0.1) is 6.04 Å². The van der Waals surface area contributed by atoms with E-state index in [1.54, 1.807) is 24.1 Å². The number of hydrogen-bond acceptors (Lipinski definition) is 3. The minimum atomic E-state index is -2.84. The summed E-state index contributed by atoms with van der Waals surface area (Å²) in [5.41, 5.74) is 0.832. The van der Waals surface area contributed by atoms with Crippen molar-refractivity contribution in [3.8, 4) is 5.75 Å². The van der Waals surface area contributed by atoms with E-state index in [-0.39, 0.29) is 17.8 Å². The minimum absolute atomic E-state index is 0.106. The molecule has 1 heterocycles. The molecule has 2 atom stereocenters. The fourth-order valence-electron chi connectivity index (χ4n) is 2.96. The van der Waals surface area contributed by atoms with Crippen molar-refractivity contribution in [3.63, 3.8) is 0 Å². The van der Waals surface area contributed by atoms with E-state index in [1.807, 2.05) is 6.92 Å². The highest BCUT2D eigenvalue weighted by molar-refractivity contribution is 5.74. The lowest BCUT2D eigenvalue weighted by atomic mass is 10.1. The minimum Gasteiger partial charge on any atom is -0.435 e. The highest BCUT2D eigenvalue weighted by atomic mass is 19.3. The standard InChI is InChI=1S/C17H25F2N3O2/c1-12(14-4-6-15(7-5-14)24-16(18)19)20-17(23)22(3)11-13-8-9-21(2)10-13/h4-7,12-13,16H,8-11H2,1-3H3,(H,20,23)/t12-,13+/m1/s1. The predicted octanol–water partition coefficient (Wildman–Crippen LogP) is 2.94. The van der Waals surface area contributed by atoms with E-state index in [1.165, 1.54) is 12.1 Å². The fourth-order valence-corrected chi connectivity index (χ4v) is 2.96. The van der Waals surface area contributed by atoms with Crippen molar-refractivity contribution in [1.29, 1.82) is 0 Å². The SMILES string of the molecule is C[C@@H](NC(=O)N(C)C[C@H]1CCN(C)C1)c1ccc(OC(F)F)cc1. The average molecular weight is 341 g/mol. The highest BCUT2D eigenvalue weighted by Gasteiger charge is 2.23. The van der Waals surface area contributed by atoms with Crippen LogP contribution < -0.4 is 10.1 Å². The Labute approximate surface area is 141 Å². The Morgan fingerprint density at radius 2 is 2.08 bits per heavy atom. The molecule has 134 valence electrons. The van der Waals surface area contributed by atoms with Gasteiger partial charge in [0, 0.05) is 20.1 Å². The van der Waals surface area contributed by atoms with Crippen LogP contribution in [0.4, 0.5) is 13.6 Å². The van der Waals surface area contributed by atoms with E-state index in [2.05, 4.69) is 22.0 Å². The number of halogens is 2. The maximum absolute atomic E-state index is 12.3.